The summed E-state index contributed by atoms with van der Waals surface area (Å²) in [7, 11) is 0. The van der Waals surface area contributed by atoms with Crippen LogP contribution in [-0.4, -0.2) is 63.0 Å². The zero-order valence-electron chi connectivity index (χ0n) is 14.9. The van der Waals surface area contributed by atoms with Crippen molar-refractivity contribution < 1.29 is 14.3 Å². The first-order valence-electron chi connectivity index (χ1n) is 8.99. The minimum atomic E-state index is -0.0868. The van der Waals surface area contributed by atoms with Crippen LogP contribution < -0.4 is 4.74 Å². The SMILES string of the molecule is O=C(COc1ncnc2ccccc12)N1CCCOC(Cn2cccn2)C1. The Balaban J connectivity index is 1.39. The topological polar surface area (TPSA) is 82.4 Å². The summed E-state index contributed by atoms with van der Waals surface area (Å²) in [4.78, 5) is 22.9. The van der Waals surface area contributed by atoms with Crippen molar-refractivity contribution in [1.29, 1.82) is 0 Å². The van der Waals surface area contributed by atoms with Gasteiger partial charge in [-0.2, -0.15) is 5.10 Å². The van der Waals surface area contributed by atoms with Gasteiger partial charge in [-0.15, -0.1) is 0 Å². The fourth-order valence-corrected chi connectivity index (χ4v) is 3.17. The predicted octanol–water partition coefficient (Wildman–Crippen LogP) is 1.52. The minimum absolute atomic E-state index is 0.0600. The zero-order chi connectivity index (χ0) is 18.5. The normalized spacial score (nSPS) is 17.6. The molecule has 1 aromatic carbocycles. The number of benzene rings is 1. The number of ether oxygens (including phenoxy) is 2. The highest BCUT2D eigenvalue weighted by atomic mass is 16.5. The van der Waals surface area contributed by atoms with Crippen molar-refractivity contribution in [3.05, 3.63) is 49.1 Å². The molecule has 1 saturated heterocycles. The molecule has 8 nitrogen and oxygen atoms in total. The Morgan fingerprint density at radius 3 is 3.07 bits per heavy atom. The van der Waals surface area contributed by atoms with Crippen LogP contribution in [0.1, 0.15) is 6.42 Å². The van der Waals surface area contributed by atoms with Gasteiger partial charge in [-0.05, 0) is 24.6 Å². The molecule has 1 aliphatic rings. The summed E-state index contributed by atoms with van der Waals surface area (Å²) in [6, 6.07) is 9.44. The lowest BCUT2D eigenvalue weighted by atomic mass is 10.2. The van der Waals surface area contributed by atoms with E-state index in [1.54, 1.807) is 11.1 Å². The first-order valence-corrected chi connectivity index (χ1v) is 8.99. The van der Waals surface area contributed by atoms with Crippen molar-refractivity contribution in [1.82, 2.24) is 24.6 Å². The van der Waals surface area contributed by atoms with Crippen molar-refractivity contribution in [2.75, 3.05) is 26.3 Å². The maximum atomic E-state index is 12.7. The van der Waals surface area contributed by atoms with Gasteiger partial charge in [0.25, 0.3) is 5.91 Å². The average molecular weight is 367 g/mol. The number of hydrogen-bond acceptors (Lipinski definition) is 6. The van der Waals surface area contributed by atoms with E-state index in [9.17, 15) is 4.79 Å². The quantitative estimate of drug-likeness (QED) is 0.680. The van der Waals surface area contributed by atoms with Crippen molar-refractivity contribution in [3.63, 3.8) is 0 Å². The highest BCUT2D eigenvalue weighted by Crippen LogP contribution is 2.20. The van der Waals surface area contributed by atoms with Gasteiger partial charge in [-0.1, -0.05) is 12.1 Å². The van der Waals surface area contributed by atoms with E-state index >= 15 is 0 Å². The van der Waals surface area contributed by atoms with Gasteiger partial charge in [0.1, 0.15) is 6.33 Å². The summed E-state index contributed by atoms with van der Waals surface area (Å²) < 4.78 is 13.4. The maximum Gasteiger partial charge on any atom is 0.260 e. The Labute approximate surface area is 156 Å². The van der Waals surface area contributed by atoms with E-state index in [1.165, 1.54) is 6.33 Å². The number of rotatable bonds is 5. The molecular weight excluding hydrogens is 346 g/mol. The summed E-state index contributed by atoms with van der Waals surface area (Å²) in [5.74, 6) is 0.349. The van der Waals surface area contributed by atoms with Gasteiger partial charge in [0.05, 0.1) is 23.6 Å². The van der Waals surface area contributed by atoms with Crippen molar-refractivity contribution in [2.24, 2.45) is 0 Å². The standard InChI is InChI=1S/C19H21N5O3/c25-18(13-27-19-16-5-1-2-6-17(16)20-14-21-19)23-8-4-10-26-15(11-23)12-24-9-3-7-22-24/h1-3,5-7,9,14-15H,4,8,10-13H2. The summed E-state index contributed by atoms with van der Waals surface area (Å²) >= 11 is 0. The second-order valence-corrected chi connectivity index (χ2v) is 6.40. The Hall–Kier alpha value is -3.00. The molecule has 1 unspecified atom stereocenters. The smallest absolute Gasteiger partial charge is 0.260 e. The molecule has 0 radical (unpaired) electrons. The molecule has 3 heterocycles. The number of nitrogens with zero attached hydrogens (tertiary/aromatic N) is 5. The Morgan fingerprint density at radius 2 is 2.19 bits per heavy atom. The Kier molecular flexibility index (Phi) is 5.24. The summed E-state index contributed by atoms with van der Waals surface area (Å²) in [6.45, 7) is 2.37. The van der Waals surface area contributed by atoms with Crippen LogP contribution >= 0.6 is 0 Å². The Bertz CT molecular complexity index is 894. The van der Waals surface area contributed by atoms with Crippen LogP contribution in [-0.2, 0) is 16.1 Å². The number of fused-ring (bicyclic) bond motifs is 1. The van der Waals surface area contributed by atoms with Crippen LogP contribution in [0.4, 0.5) is 0 Å². The first kappa shape index (κ1) is 17.4. The zero-order valence-corrected chi connectivity index (χ0v) is 14.9. The molecule has 1 aliphatic heterocycles. The highest BCUT2D eigenvalue weighted by molar-refractivity contribution is 5.84. The molecule has 8 heteroatoms. The lowest BCUT2D eigenvalue weighted by Gasteiger charge is -2.24. The Morgan fingerprint density at radius 1 is 1.26 bits per heavy atom. The van der Waals surface area contributed by atoms with Crippen LogP contribution in [0.3, 0.4) is 0 Å². The summed E-state index contributed by atoms with van der Waals surface area (Å²) in [5, 5.41) is 5.01. The molecule has 0 aliphatic carbocycles. The van der Waals surface area contributed by atoms with E-state index in [1.807, 2.05) is 41.2 Å². The second kappa shape index (κ2) is 8.13. The van der Waals surface area contributed by atoms with Gasteiger partial charge in [0.2, 0.25) is 5.88 Å². The molecular formula is C19H21N5O3. The largest absolute Gasteiger partial charge is 0.467 e. The van der Waals surface area contributed by atoms with Gasteiger partial charge >= 0.3 is 0 Å². The third kappa shape index (κ3) is 4.22. The molecule has 3 aromatic rings. The molecule has 0 saturated carbocycles. The van der Waals surface area contributed by atoms with E-state index in [2.05, 4.69) is 15.1 Å². The van der Waals surface area contributed by atoms with Crippen molar-refractivity contribution in [3.8, 4) is 5.88 Å². The second-order valence-electron chi connectivity index (χ2n) is 6.40. The van der Waals surface area contributed by atoms with E-state index in [0.29, 0.717) is 32.1 Å². The molecule has 2 aromatic heterocycles. The van der Waals surface area contributed by atoms with E-state index in [4.69, 9.17) is 9.47 Å². The fraction of sp³-hybridized carbons (Fsp3) is 0.368. The molecule has 0 spiro atoms. The monoisotopic (exact) mass is 367 g/mol. The molecule has 1 amide bonds. The number of aromatic nitrogens is 4. The lowest BCUT2D eigenvalue weighted by molar-refractivity contribution is -0.134. The molecule has 0 bridgehead atoms. The summed E-state index contributed by atoms with van der Waals surface area (Å²) in [6.07, 6.45) is 5.79. The number of hydrogen-bond donors (Lipinski definition) is 0. The van der Waals surface area contributed by atoms with Gasteiger partial charge in [-0.25, -0.2) is 9.97 Å². The maximum absolute atomic E-state index is 12.7. The molecule has 1 atom stereocenters. The van der Waals surface area contributed by atoms with Crippen LogP contribution in [0.5, 0.6) is 5.88 Å². The molecule has 1 fully saturated rings. The van der Waals surface area contributed by atoms with Crippen molar-refractivity contribution >= 4 is 16.8 Å². The molecule has 4 rings (SSSR count). The number of carbonyl (C=O) groups is 1. The highest BCUT2D eigenvalue weighted by Gasteiger charge is 2.23. The average Bonchev–Trinajstić information content (AvgIpc) is 3.10. The van der Waals surface area contributed by atoms with E-state index < -0.39 is 0 Å². The van der Waals surface area contributed by atoms with E-state index in [-0.39, 0.29) is 18.6 Å². The number of para-hydroxylation sites is 1. The predicted molar refractivity (Wildman–Crippen MR) is 98.2 cm³/mol. The number of amides is 1. The first-order chi connectivity index (χ1) is 13.3. The van der Waals surface area contributed by atoms with Gasteiger partial charge in [-0.3, -0.25) is 9.48 Å². The van der Waals surface area contributed by atoms with E-state index in [0.717, 1.165) is 17.3 Å². The fourth-order valence-electron chi connectivity index (χ4n) is 3.17. The van der Waals surface area contributed by atoms with Gasteiger partial charge in [0.15, 0.2) is 6.61 Å². The van der Waals surface area contributed by atoms with Crippen LogP contribution in [0.25, 0.3) is 10.9 Å². The molecule has 27 heavy (non-hydrogen) atoms. The van der Waals surface area contributed by atoms with Crippen LogP contribution in [0.2, 0.25) is 0 Å². The summed E-state index contributed by atoms with van der Waals surface area (Å²) in [5.41, 5.74) is 0.789. The van der Waals surface area contributed by atoms with Crippen molar-refractivity contribution in [2.45, 2.75) is 19.1 Å². The molecule has 140 valence electrons. The lowest BCUT2D eigenvalue weighted by Crippen LogP contribution is -2.41. The van der Waals surface area contributed by atoms with Gasteiger partial charge < -0.3 is 14.4 Å². The minimum Gasteiger partial charge on any atom is -0.467 e. The van der Waals surface area contributed by atoms with Crippen LogP contribution in [0, 0.1) is 0 Å². The number of carbonyl (C=O) groups excluding carboxylic acids is 1. The third-order valence-electron chi connectivity index (χ3n) is 4.49. The molecule has 0 N–H and O–H groups in total. The third-order valence-corrected chi connectivity index (χ3v) is 4.49. The van der Waals surface area contributed by atoms with Crippen LogP contribution in [0.15, 0.2) is 49.1 Å². The van der Waals surface area contributed by atoms with Gasteiger partial charge in [0, 0.05) is 32.1 Å².